The first-order valence-corrected chi connectivity index (χ1v) is 6.65. The molecule has 0 aromatic heterocycles. The third-order valence-corrected chi connectivity index (χ3v) is 4.06. The van der Waals surface area contributed by atoms with Crippen LogP contribution in [0, 0.1) is 0 Å². The van der Waals surface area contributed by atoms with E-state index in [0.717, 1.165) is 10.5 Å². The Morgan fingerprint density at radius 1 is 1.14 bits per heavy atom. The fourth-order valence-electron chi connectivity index (χ4n) is 1.53. The third kappa shape index (κ3) is 6.57. The maximum atomic E-state index is 5.52. The van der Waals surface area contributed by atoms with Crippen molar-refractivity contribution in [2.45, 2.75) is 52.6 Å². The molecule has 0 amide bonds. The van der Waals surface area contributed by atoms with E-state index in [9.17, 15) is 0 Å². The highest BCUT2D eigenvalue weighted by molar-refractivity contribution is 5.98. The van der Waals surface area contributed by atoms with Gasteiger partial charge in [0.15, 0.2) is 0 Å². The van der Waals surface area contributed by atoms with Crippen molar-refractivity contribution in [3.8, 4) is 0 Å². The minimum Gasteiger partial charge on any atom is -0.423 e. The summed E-state index contributed by atoms with van der Waals surface area (Å²) in [6, 6.07) is 0. The summed E-state index contributed by atoms with van der Waals surface area (Å²) in [6.07, 6.45) is 3.78. The molecular weight excluding hydrogens is 190 g/mol. The van der Waals surface area contributed by atoms with Crippen LogP contribution in [0.1, 0.15) is 47.0 Å². The predicted octanol–water partition coefficient (Wildman–Crippen LogP) is 1.57. The van der Waals surface area contributed by atoms with E-state index >= 15 is 0 Å². The summed E-state index contributed by atoms with van der Waals surface area (Å²) in [6.45, 7) is 12.4. The Morgan fingerprint density at radius 3 is 2.14 bits per heavy atom. The number of hydrogen-bond donors (Lipinski definition) is 0. The van der Waals surface area contributed by atoms with Gasteiger partial charge in [-0.2, -0.15) is 0 Å². The molecule has 0 aromatic carbocycles. The van der Waals surface area contributed by atoms with Crippen molar-refractivity contribution in [3.63, 3.8) is 0 Å². The van der Waals surface area contributed by atoms with Crippen molar-refractivity contribution in [1.29, 1.82) is 0 Å². The quantitative estimate of drug-likeness (QED) is 0.452. The molecule has 3 heteroatoms. The molecule has 0 atom stereocenters. The highest BCUT2D eigenvalue weighted by atomic mass is 28.2. The van der Waals surface area contributed by atoms with E-state index in [1.165, 1.54) is 38.9 Å². The summed E-state index contributed by atoms with van der Waals surface area (Å²) in [5, 5.41) is 0. The average molecular weight is 217 g/mol. The van der Waals surface area contributed by atoms with Gasteiger partial charge in [-0.3, -0.25) is 0 Å². The Kier molecular flexibility index (Phi) is 7.50. The average Bonchev–Trinajstić information content (AvgIpc) is 2.18. The first-order valence-electron chi connectivity index (χ1n) is 5.83. The lowest BCUT2D eigenvalue weighted by Gasteiger charge is -2.24. The lowest BCUT2D eigenvalue weighted by molar-refractivity contribution is 0.108. The molecular formula is C11H27NOSi. The summed E-state index contributed by atoms with van der Waals surface area (Å²) in [7, 11) is 0.853. The molecule has 0 fully saturated rings. The van der Waals surface area contributed by atoms with Crippen LogP contribution in [0.25, 0.3) is 0 Å². The summed E-state index contributed by atoms with van der Waals surface area (Å²) < 4.78 is 5.52. The monoisotopic (exact) mass is 217 g/mol. The highest BCUT2D eigenvalue weighted by Crippen LogP contribution is 2.16. The minimum absolute atomic E-state index is 0.121. The number of hydrogen-bond acceptors (Lipinski definition) is 2. The second kappa shape index (κ2) is 7.43. The van der Waals surface area contributed by atoms with Crippen molar-refractivity contribution in [2.24, 2.45) is 0 Å². The largest absolute Gasteiger partial charge is 0.423 e. The van der Waals surface area contributed by atoms with Crippen LogP contribution in [-0.2, 0) is 4.43 Å². The molecule has 0 N–H and O–H groups in total. The Labute approximate surface area is 92.6 Å². The van der Waals surface area contributed by atoms with Gasteiger partial charge in [-0.15, -0.1) is 0 Å². The molecule has 0 rings (SSSR count). The summed E-state index contributed by atoms with van der Waals surface area (Å²) >= 11 is 0. The Bertz CT molecular complexity index is 135. The fraction of sp³-hybridized carbons (Fsp3) is 1.00. The van der Waals surface area contributed by atoms with Gasteiger partial charge in [0.25, 0.3) is 0 Å². The molecule has 0 aliphatic carbocycles. The fourth-order valence-corrected chi connectivity index (χ4v) is 1.73. The summed E-state index contributed by atoms with van der Waals surface area (Å²) in [5.41, 5.74) is 0.121. The Balaban J connectivity index is 3.45. The molecule has 0 saturated carbocycles. The highest BCUT2D eigenvalue weighted by Gasteiger charge is 2.14. The van der Waals surface area contributed by atoms with Crippen molar-refractivity contribution in [3.05, 3.63) is 0 Å². The van der Waals surface area contributed by atoms with E-state index in [0.29, 0.717) is 0 Å². The number of nitrogens with zero attached hydrogens (tertiary/aromatic N) is 1. The van der Waals surface area contributed by atoms with Gasteiger partial charge in [-0.05, 0) is 52.7 Å². The molecule has 0 spiro atoms. The normalized spacial score (nSPS) is 12.6. The van der Waals surface area contributed by atoms with Crippen molar-refractivity contribution >= 4 is 10.5 Å². The SMILES string of the molecule is CCN(CC)CCCCC(C)(C)O[SiH3]. The standard InChI is InChI=1S/C11H27NOSi/c1-5-12(6-2)10-8-7-9-11(3,4)13-14/h5-10H2,1-4,14H3. The molecule has 0 aliphatic rings. The van der Waals surface area contributed by atoms with Crippen molar-refractivity contribution in [2.75, 3.05) is 19.6 Å². The van der Waals surface area contributed by atoms with Gasteiger partial charge in [-0.1, -0.05) is 13.8 Å². The van der Waals surface area contributed by atoms with Gasteiger partial charge in [0.05, 0.1) is 0 Å². The minimum atomic E-state index is 0.121. The van der Waals surface area contributed by atoms with Crippen LogP contribution < -0.4 is 0 Å². The number of unbranched alkanes of at least 4 members (excludes halogenated alkanes) is 1. The zero-order valence-corrected chi connectivity index (χ0v) is 12.6. The van der Waals surface area contributed by atoms with Crippen LogP contribution in [0.3, 0.4) is 0 Å². The lowest BCUT2D eigenvalue weighted by Crippen LogP contribution is -2.26. The van der Waals surface area contributed by atoms with Gasteiger partial charge in [0.2, 0.25) is 0 Å². The van der Waals surface area contributed by atoms with Crippen LogP contribution in [0.5, 0.6) is 0 Å². The van der Waals surface area contributed by atoms with E-state index in [4.69, 9.17) is 4.43 Å². The van der Waals surface area contributed by atoms with E-state index in [-0.39, 0.29) is 5.60 Å². The summed E-state index contributed by atoms with van der Waals surface area (Å²) in [4.78, 5) is 2.48. The maximum absolute atomic E-state index is 5.52. The Hall–Kier alpha value is 0.137. The van der Waals surface area contributed by atoms with Crippen molar-refractivity contribution in [1.82, 2.24) is 4.90 Å². The van der Waals surface area contributed by atoms with E-state index in [2.05, 4.69) is 32.6 Å². The van der Waals surface area contributed by atoms with Crippen LogP contribution in [0.4, 0.5) is 0 Å². The lowest BCUT2D eigenvalue weighted by atomic mass is 10.0. The second-order valence-electron chi connectivity index (χ2n) is 4.45. The molecule has 0 heterocycles. The van der Waals surface area contributed by atoms with Gasteiger partial charge in [0, 0.05) is 5.60 Å². The van der Waals surface area contributed by atoms with Crippen LogP contribution in [0.2, 0.25) is 0 Å². The smallest absolute Gasteiger partial charge is 0.146 e. The molecule has 0 aromatic rings. The maximum Gasteiger partial charge on any atom is 0.146 e. The first-order chi connectivity index (χ1) is 6.55. The molecule has 0 saturated heterocycles. The van der Waals surface area contributed by atoms with Gasteiger partial charge >= 0.3 is 0 Å². The Morgan fingerprint density at radius 2 is 1.71 bits per heavy atom. The molecule has 14 heavy (non-hydrogen) atoms. The third-order valence-electron chi connectivity index (χ3n) is 2.95. The molecule has 0 bridgehead atoms. The van der Waals surface area contributed by atoms with E-state index < -0.39 is 0 Å². The van der Waals surface area contributed by atoms with Gasteiger partial charge in [0.1, 0.15) is 10.5 Å². The van der Waals surface area contributed by atoms with E-state index in [1.807, 2.05) is 0 Å². The molecule has 2 nitrogen and oxygen atoms in total. The zero-order valence-electron chi connectivity index (χ0n) is 10.6. The molecule has 0 radical (unpaired) electrons. The second-order valence-corrected chi connectivity index (χ2v) is 4.86. The van der Waals surface area contributed by atoms with E-state index in [1.54, 1.807) is 0 Å². The van der Waals surface area contributed by atoms with Gasteiger partial charge < -0.3 is 9.33 Å². The van der Waals surface area contributed by atoms with Crippen molar-refractivity contribution < 1.29 is 4.43 Å². The molecule has 86 valence electrons. The predicted molar refractivity (Wildman–Crippen MR) is 66.7 cm³/mol. The molecule has 0 aliphatic heterocycles. The zero-order chi connectivity index (χ0) is 11.0. The summed E-state index contributed by atoms with van der Waals surface area (Å²) in [5.74, 6) is 0. The number of rotatable bonds is 8. The first kappa shape index (κ1) is 14.1. The van der Waals surface area contributed by atoms with Crippen LogP contribution in [-0.4, -0.2) is 40.6 Å². The van der Waals surface area contributed by atoms with Gasteiger partial charge in [-0.25, -0.2) is 0 Å². The molecule has 0 unspecified atom stereocenters. The van der Waals surface area contributed by atoms with Crippen LogP contribution >= 0.6 is 0 Å². The topological polar surface area (TPSA) is 12.5 Å². The van der Waals surface area contributed by atoms with Crippen LogP contribution in [0.15, 0.2) is 0 Å².